The van der Waals surface area contributed by atoms with Crippen molar-refractivity contribution < 1.29 is 4.79 Å². The molecule has 6 nitrogen and oxygen atoms in total. The van der Waals surface area contributed by atoms with Gasteiger partial charge in [-0.2, -0.15) is 0 Å². The number of rotatable bonds is 7. The van der Waals surface area contributed by atoms with Gasteiger partial charge < -0.3 is 10.2 Å². The van der Waals surface area contributed by atoms with Crippen molar-refractivity contribution >= 4 is 5.91 Å². The van der Waals surface area contributed by atoms with E-state index in [1.165, 1.54) is 0 Å². The van der Waals surface area contributed by atoms with Crippen LogP contribution >= 0.6 is 0 Å². The molecule has 0 saturated carbocycles. The number of aromatic amines is 1. The molecule has 120 valence electrons. The molecular weight excluding hydrogens is 266 g/mol. The number of carbonyl (C=O) groups excluding carboxylic acids is 1. The fourth-order valence-electron chi connectivity index (χ4n) is 1.72. The topological polar surface area (TPSA) is 73.9 Å². The average molecular weight is 295 g/mol. The van der Waals surface area contributed by atoms with Gasteiger partial charge in [0.1, 0.15) is 5.82 Å². The van der Waals surface area contributed by atoms with Gasteiger partial charge in [0.15, 0.2) is 0 Å². The molecule has 2 N–H and O–H groups in total. The Morgan fingerprint density at radius 1 is 1.33 bits per heavy atom. The molecule has 0 saturated heterocycles. The number of nitrogens with one attached hydrogen (secondary N) is 2. The van der Waals surface area contributed by atoms with Crippen LogP contribution in [0.5, 0.6) is 0 Å². The van der Waals surface area contributed by atoms with Crippen LogP contribution in [0.15, 0.2) is 0 Å². The first-order valence-electron chi connectivity index (χ1n) is 7.63. The summed E-state index contributed by atoms with van der Waals surface area (Å²) in [6, 6.07) is 0.559. The molecule has 1 aromatic heterocycles. The minimum Gasteiger partial charge on any atom is -0.349 e. The first-order valence-corrected chi connectivity index (χ1v) is 7.63. The van der Waals surface area contributed by atoms with E-state index in [1.54, 1.807) is 0 Å². The molecule has 0 aromatic carbocycles. The maximum atomic E-state index is 11.9. The second-order valence-electron chi connectivity index (χ2n) is 6.79. The Balaban J connectivity index is 2.30. The van der Waals surface area contributed by atoms with E-state index in [-0.39, 0.29) is 17.1 Å². The van der Waals surface area contributed by atoms with E-state index in [9.17, 15) is 4.79 Å². The van der Waals surface area contributed by atoms with E-state index in [1.807, 2.05) is 20.8 Å². The van der Waals surface area contributed by atoms with Gasteiger partial charge in [-0.3, -0.25) is 9.89 Å². The van der Waals surface area contributed by atoms with Crippen molar-refractivity contribution in [2.75, 3.05) is 20.1 Å². The van der Waals surface area contributed by atoms with Crippen LogP contribution in [0.25, 0.3) is 0 Å². The molecule has 0 spiro atoms. The molecule has 0 atom stereocenters. The lowest BCUT2D eigenvalue weighted by atomic mass is 9.96. The summed E-state index contributed by atoms with van der Waals surface area (Å²) in [5, 5.41) is 9.67. The molecule has 1 amide bonds. The zero-order valence-electron chi connectivity index (χ0n) is 14.2. The van der Waals surface area contributed by atoms with Crippen molar-refractivity contribution in [1.29, 1.82) is 0 Å². The van der Waals surface area contributed by atoms with Crippen LogP contribution in [0.4, 0.5) is 0 Å². The van der Waals surface area contributed by atoms with Gasteiger partial charge in [0, 0.05) is 18.0 Å². The lowest BCUT2D eigenvalue weighted by molar-refractivity contribution is 0.0942. The van der Waals surface area contributed by atoms with Crippen LogP contribution < -0.4 is 5.32 Å². The highest BCUT2D eigenvalue weighted by Crippen LogP contribution is 2.17. The summed E-state index contributed by atoms with van der Waals surface area (Å²) in [7, 11) is 2.12. The molecule has 1 aromatic rings. The van der Waals surface area contributed by atoms with Crippen LogP contribution in [-0.2, 0) is 5.41 Å². The van der Waals surface area contributed by atoms with Crippen LogP contribution in [0.3, 0.4) is 0 Å². The van der Waals surface area contributed by atoms with Crippen molar-refractivity contribution in [3.8, 4) is 0 Å². The third kappa shape index (κ3) is 5.83. The maximum Gasteiger partial charge on any atom is 0.290 e. The quantitative estimate of drug-likeness (QED) is 0.754. The zero-order valence-corrected chi connectivity index (χ0v) is 14.2. The Kier molecular flexibility index (Phi) is 6.33. The molecule has 0 aliphatic heterocycles. The van der Waals surface area contributed by atoms with E-state index in [0.29, 0.717) is 12.6 Å². The van der Waals surface area contributed by atoms with E-state index in [0.717, 1.165) is 25.2 Å². The predicted octanol–water partition coefficient (Wildman–Crippen LogP) is 1.95. The standard InChI is InChI=1S/C15H29N5O/c1-11(2)20(6)10-8-7-9-16-13(21)12-17-14(19-18-12)15(3,4)5/h11H,7-10H2,1-6H3,(H,16,21)(H,17,18,19). The summed E-state index contributed by atoms with van der Waals surface area (Å²) in [6.45, 7) is 12.1. The number of hydrogen-bond donors (Lipinski definition) is 2. The highest BCUT2D eigenvalue weighted by atomic mass is 16.2. The van der Waals surface area contributed by atoms with E-state index < -0.39 is 0 Å². The van der Waals surface area contributed by atoms with Gasteiger partial charge in [-0.15, -0.1) is 5.10 Å². The van der Waals surface area contributed by atoms with Gasteiger partial charge in [-0.05, 0) is 40.3 Å². The third-order valence-corrected chi connectivity index (χ3v) is 3.50. The minimum absolute atomic E-state index is 0.132. The lowest BCUT2D eigenvalue weighted by Crippen LogP contribution is -2.29. The summed E-state index contributed by atoms with van der Waals surface area (Å²) in [5.41, 5.74) is -0.132. The number of carbonyl (C=O) groups is 1. The highest BCUT2D eigenvalue weighted by Gasteiger charge is 2.20. The number of unbranched alkanes of at least 4 members (excludes halogenated alkanes) is 1. The number of nitrogens with zero attached hydrogens (tertiary/aromatic N) is 3. The first-order chi connectivity index (χ1) is 9.71. The number of H-pyrrole nitrogens is 1. The minimum atomic E-state index is -0.209. The molecule has 1 heterocycles. The molecule has 21 heavy (non-hydrogen) atoms. The van der Waals surface area contributed by atoms with Crippen LogP contribution in [-0.4, -0.2) is 52.2 Å². The van der Waals surface area contributed by atoms with Crippen molar-refractivity contribution in [2.24, 2.45) is 0 Å². The number of aromatic nitrogens is 3. The monoisotopic (exact) mass is 295 g/mol. The highest BCUT2D eigenvalue weighted by molar-refractivity contribution is 5.90. The van der Waals surface area contributed by atoms with Gasteiger partial charge in [-0.25, -0.2) is 4.98 Å². The molecule has 1 rings (SSSR count). The van der Waals surface area contributed by atoms with Gasteiger partial charge in [0.2, 0.25) is 5.82 Å². The largest absolute Gasteiger partial charge is 0.349 e. The molecule has 0 radical (unpaired) electrons. The first kappa shape index (κ1) is 17.6. The summed E-state index contributed by atoms with van der Waals surface area (Å²) in [5.74, 6) is 0.740. The predicted molar refractivity (Wildman–Crippen MR) is 84.4 cm³/mol. The molecule has 0 fully saturated rings. The van der Waals surface area contributed by atoms with Gasteiger partial charge in [0.25, 0.3) is 5.91 Å². The van der Waals surface area contributed by atoms with Gasteiger partial charge in [0.05, 0.1) is 0 Å². The molecular formula is C15H29N5O. The van der Waals surface area contributed by atoms with Crippen molar-refractivity contribution in [2.45, 2.75) is 58.9 Å². The SMILES string of the molecule is CC(C)N(C)CCCCNC(=O)c1n[nH]c(C(C)(C)C)n1. The van der Waals surface area contributed by atoms with E-state index >= 15 is 0 Å². The Morgan fingerprint density at radius 3 is 2.52 bits per heavy atom. The van der Waals surface area contributed by atoms with Gasteiger partial charge in [-0.1, -0.05) is 20.8 Å². The average Bonchev–Trinajstić information content (AvgIpc) is 2.87. The Labute approximate surface area is 127 Å². The molecule has 6 heteroatoms. The Bertz CT molecular complexity index is 447. The fourth-order valence-corrected chi connectivity index (χ4v) is 1.72. The molecule has 0 bridgehead atoms. The summed E-state index contributed by atoms with van der Waals surface area (Å²) in [4.78, 5) is 18.5. The Hall–Kier alpha value is -1.43. The number of hydrogen-bond acceptors (Lipinski definition) is 4. The zero-order chi connectivity index (χ0) is 16.0. The van der Waals surface area contributed by atoms with Crippen LogP contribution in [0.2, 0.25) is 0 Å². The molecule has 0 aliphatic rings. The number of amides is 1. The van der Waals surface area contributed by atoms with Crippen molar-refractivity contribution in [1.82, 2.24) is 25.4 Å². The van der Waals surface area contributed by atoms with E-state index in [4.69, 9.17) is 0 Å². The van der Waals surface area contributed by atoms with E-state index in [2.05, 4.69) is 46.3 Å². The van der Waals surface area contributed by atoms with Gasteiger partial charge >= 0.3 is 0 Å². The summed E-state index contributed by atoms with van der Waals surface area (Å²) < 4.78 is 0. The second kappa shape index (κ2) is 7.54. The molecule has 0 unspecified atom stereocenters. The summed E-state index contributed by atoms with van der Waals surface area (Å²) >= 11 is 0. The van der Waals surface area contributed by atoms with Crippen molar-refractivity contribution in [3.05, 3.63) is 11.6 Å². The fraction of sp³-hybridized carbons (Fsp3) is 0.800. The smallest absolute Gasteiger partial charge is 0.290 e. The van der Waals surface area contributed by atoms with Crippen molar-refractivity contribution in [3.63, 3.8) is 0 Å². The Morgan fingerprint density at radius 2 is 2.00 bits per heavy atom. The maximum absolute atomic E-state index is 11.9. The lowest BCUT2D eigenvalue weighted by Gasteiger charge is -2.20. The van der Waals surface area contributed by atoms with Crippen LogP contribution in [0.1, 0.15) is 63.9 Å². The summed E-state index contributed by atoms with van der Waals surface area (Å²) in [6.07, 6.45) is 2.02. The van der Waals surface area contributed by atoms with Crippen LogP contribution in [0, 0.1) is 0 Å². The second-order valence-corrected chi connectivity index (χ2v) is 6.79. The molecule has 0 aliphatic carbocycles. The normalized spacial score (nSPS) is 12.2. The third-order valence-electron chi connectivity index (χ3n) is 3.50.